The standard InChI is InChI=1S/C15H20N2O3S.C10H17NO4/c1-15(2,3)20-14(19)17-10-6-7-11(17)13(18)21-12-8-4-5-9-16-12;1-10(2,3)15-9(14)11-6-4-5-7(11)8(12)13/h4-5,8-9,11H,6-7,10H2,1-3H3;7H,4-6H2,1-3H3,(H,12,13)/t11-;7-/m00/s1. The van der Waals surface area contributed by atoms with Crippen LogP contribution in [-0.2, 0) is 19.1 Å². The van der Waals surface area contributed by atoms with Crippen molar-refractivity contribution in [3.8, 4) is 0 Å². The lowest BCUT2D eigenvalue weighted by atomic mass is 10.2. The van der Waals surface area contributed by atoms with E-state index in [1.165, 1.54) is 9.80 Å². The van der Waals surface area contributed by atoms with Crippen LogP contribution in [0.4, 0.5) is 9.59 Å². The van der Waals surface area contributed by atoms with E-state index in [0.29, 0.717) is 31.0 Å². The normalized spacial score (nSPS) is 19.8. The van der Waals surface area contributed by atoms with Gasteiger partial charge in [-0.15, -0.1) is 0 Å². The Balaban J connectivity index is 0.000000269. The van der Waals surface area contributed by atoms with E-state index in [-0.39, 0.29) is 5.12 Å². The smallest absolute Gasteiger partial charge is 0.411 e. The number of aliphatic carboxylic acids is 1. The maximum absolute atomic E-state index is 12.4. The van der Waals surface area contributed by atoms with Crippen LogP contribution in [0.2, 0.25) is 0 Å². The summed E-state index contributed by atoms with van der Waals surface area (Å²) in [5.41, 5.74) is -1.13. The van der Waals surface area contributed by atoms with E-state index >= 15 is 0 Å². The number of amides is 2. The summed E-state index contributed by atoms with van der Waals surface area (Å²) < 4.78 is 10.5. The highest BCUT2D eigenvalue weighted by Crippen LogP contribution is 2.27. The molecule has 2 fully saturated rings. The highest BCUT2D eigenvalue weighted by Gasteiger charge is 2.37. The Kier molecular flexibility index (Phi) is 10.2. The number of nitrogens with zero attached hydrogens (tertiary/aromatic N) is 3. The van der Waals surface area contributed by atoms with Crippen molar-refractivity contribution in [3.63, 3.8) is 0 Å². The second kappa shape index (κ2) is 12.4. The molecule has 0 unspecified atom stereocenters. The molecule has 11 heteroatoms. The number of likely N-dealkylation sites (tertiary alicyclic amines) is 2. The summed E-state index contributed by atoms with van der Waals surface area (Å²) in [6.07, 6.45) is 3.42. The van der Waals surface area contributed by atoms with Gasteiger partial charge in [-0.25, -0.2) is 19.4 Å². The largest absolute Gasteiger partial charge is 0.480 e. The van der Waals surface area contributed by atoms with Crippen molar-refractivity contribution in [2.75, 3.05) is 13.1 Å². The molecule has 200 valence electrons. The zero-order valence-electron chi connectivity index (χ0n) is 21.9. The zero-order valence-corrected chi connectivity index (χ0v) is 22.7. The fourth-order valence-electron chi connectivity index (χ4n) is 3.69. The van der Waals surface area contributed by atoms with Crippen LogP contribution in [-0.4, -0.2) is 79.5 Å². The third-order valence-corrected chi connectivity index (χ3v) is 6.09. The van der Waals surface area contributed by atoms with E-state index < -0.39 is 41.4 Å². The molecule has 0 bridgehead atoms. The van der Waals surface area contributed by atoms with Crippen molar-refractivity contribution in [2.45, 2.75) is 95.5 Å². The first-order valence-corrected chi connectivity index (χ1v) is 12.8. The van der Waals surface area contributed by atoms with Gasteiger partial charge in [-0.1, -0.05) is 6.07 Å². The van der Waals surface area contributed by atoms with Crippen LogP contribution in [0, 0.1) is 0 Å². The number of hydrogen-bond donors (Lipinski definition) is 1. The van der Waals surface area contributed by atoms with Crippen molar-refractivity contribution >= 4 is 35.0 Å². The molecule has 0 spiro atoms. The van der Waals surface area contributed by atoms with Gasteiger partial charge in [0.15, 0.2) is 0 Å². The maximum Gasteiger partial charge on any atom is 0.411 e. The molecule has 10 nitrogen and oxygen atoms in total. The number of thioether (sulfide) groups is 1. The van der Waals surface area contributed by atoms with Gasteiger partial charge in [-0.3, -0.25) is 14.6 Å². The van der Waals surface area contributed by atoms with E-state index in [1.807, 2.05) is 26.8 Å². The number of ether oxygens (including phenoxy) is 2. The molecule has 3 heterocycles. The van der Waals surface area contributed by atoms with Crippen LogP contribution < -0.4 is 0 Å². The number of carbonyl (C=O) groups is 4. The summed E-state index contributed by atoms with van der Waals surface area (Å²) in [5.74, 6) is -0.960. The summed E-state index contributed by atoms with van der Waals surface area (Å²) in [7, 11) is 0. The first kappa shape index (κ1) is 29.4. The van der Waals surface area contributed by atoms with Crippen molar-refractivity contribution in [1.29, 1.82) is 0 Å². The molecular formula is C25H37N3O7S. The molecule has 2 amide bonds. The van der Waals surface area contributed by atoms with Crippen molar-refractivity contribution < 1.29 is 33.8 Å². The van der Waals surface area contributed by atoms with Gasteiger partial charge >= 0.3 is 18.2 Å². The second-order valence-electron chi connectivity index (χ2n) is 10.6. The van der Waals surface area contributed by atoms with Gasteiger partial charge in [-0.2, -0.15) is 0 Å². The van der Waals surface area contributed by atoms with E-state index in [2.05, 4.69) is 4.98 Å². The van der Waals surface area contributed by atoms with Crippen LogP contribution >= 0.6 is 11.8 Å². The Labute approximate surface area is 216 Å². The van der Waals surface area contributed by atoms with Crippen molar-refractivity contribution in [1.82, 2.24) is 14.8 Å². The predicted octanol–water partition coefficient (Wildman–Crippen LogP) is 4.57. The Morgan fingerprint density at radius 1 is 0.889 bits per heavy atom. The fourth-order valence-corrected chi connectivity index (χ4v) is 4.54. The number of rotatable bonds is 3. The number of carbonyl (C=O) groups excluding carboxylic acids is 3. The Bertz CT molecular complexity index is 928. The number of carboxylic acid groups (broad SMARTS) is 1. The Hall–Kier alpha value is -2.82. The third-order valence-electron chi connectivity index (χ3n) is 5.16. The van der Waals surface area contributed by atoms with Gasteiger partial charge in [-0.05, 0) is 91.1 Å². The highest BCUT2D eigenvalue weighted by molar-refractivity contribution is 8.13. The summed E-state index contributed by atoms with van der Waals surface area (Å²) in [5, 5.41) is 9.47. The second-order valence-corrected chi connectivity index (χ2v) is 11.6. The minimum absolute atomic E-state index is 0.0583. The molecule has 0 aromatic carbocycles. The Morgan fingerprint density at radius 3 is 1.83 bits per heavy atom. The third kappa shape index (κ3) is 9.33. The average molecular weight is 524 g/mol. The van der Waals surface area contributed by atoms with Crippen LogP contribution in [0.15, 0.2) is 29.4 Å². The molecule has 1 N–H and O–H groups in total. The molecule has 2 aliphatic heterocycles. The number of carboxylic acids is 1. The quantitative estimate of drug-likeness (QED) is 0.567. The van der Waals surface area contributed by atoms with Gasteiger partial charge in [0.05, 0.1) is 0 Å². The summed E-state index contributed by atoms with van der Waals surface area (Å²) in [6, 6.07) is 4.28. The number of hydrogen-bond acceptors (Lipinski definition) is 8. The van der Waals surface area contributed by atoms with E-state index in [0.717, 1.165) is 24.6 Å². The summed E-state index contributed by atoms with van der Waals surface area (Å²) >= 11 is 1.08. The van der Waals surface area contributed by atoms with E-state index in [9.17, 15) is 19.2 Å². The summed E-state index contributed by atoms with van der Waals surface area (Å²) in [6.45, 7) is 11.8. The van der Waals surface area contributed by atoms with Crippen LogP contribution in [0.25, 0.3) is 0 Å². The minimum atomic E-state index is -0.960. The lowest BCUT2D eigenvalue weighted by molar-refractivity contribution is -0.142. The fraction of sp³-hybridized carbons (Fsp3) is 0.640. The summed E-state index contributed by atoms with van der Waals surface area (Å²) in [4.78, 5) is 53.9. The SMILES string of the molecule is CC(C)(C)OC(=O)N1CCC[C@H]1C(=O)O.CC(C)(C)OC(=O)N1CCC[C@H]1C(=O)Sc1ccccn1. The molecule has 1 aromatic rings. The predicted molar refractivity (Wildman–Crippen MR) is 135 cm³/mol. The lowest BCUT2D eigenvalue weighted by Gasteiger charge is -2.27. The molecule has 3 rings (SSSR count). The topological polar surface area (TPSA) is 126 Å². The number of pyridine rings is 1. The zero-order chi connectivity index (χ0) is 27.1. The average Bonchev–Trinajstić information content (AvgIpc) is 3.42. The highest BCUT2D eigenvalue weighted by atomic mass is 32.2. The monoisotopic (exact) mass is 523 g/mol. The molecule has 0 saturated carbocycles. The molecule has 2 saturated heterocycles. The molecule has 2 aliphatic rings. The lowest BCUT2D eigenvalue weighted by Crippen LogP contribution is -2.43. The minimum Gasteiger partial charge on any atom is -0.480 e. The van der Waals surface area contributed by atoms with Crippen LogP contribution in [0.1, 0.15) is 67.2 Å². The van der Waals surface area contributed by atoms with Crippen molar-refractivity contribution in [2.24, 2.45) is 0 Å². The molecule has 1 aromatic heterocycles. The van der Waals surface area contributed by atoms with E-state index in [1.54, 1.807) is 39.1 Å². The van der Waals surface area contributed by atoms with Crippen LogP contribution in [0.3, 0.4) is 0 Å². The van der Waals surface area contributed by atoms with Gasteiger partial charge in [0.2, 0.25) is 5.12 Å². The molecule has 2 atom stereocenters. The first-order valence-electron chi connectivity index (χ1n) is 12.0. The van der Waals surface area contributed by atoms with Gasteiger partial charge in [0.1, 0.15) is 28.3 Å². The molecule has 36 heavy (non-hydrogen) atoms. The van der Waals surface area contributed by atoms with Gasteiger partial charge < -0.3 is 14.6 Å². The molecular weight excluding hydrogens is 486 g/mol. The molecule has 0 radical (unpaired) electrons. The maximum atomic E-state index is 12.4. The molecule has 0 aliphatic carbocycles. The van der Waals surface area contributed by atoms with Crippen LogP contribution in [0.5, 0.6) is 0 Å². The van der Waals surface area contributed by atoms with Gasteiger partial charge in [0, 0.05) is 19.3 Å². The Morgan fingerprint density at radius 2 is 1.39 bits per heavy atom. The van der Waals surface area contributed by atoms with E-state index in [4.69, 9.17) is 14.6 Å². The number of aromatic nitrogens is 1. The first-order chi connectivity index (χ1) is 16.7. The van der Waals surface area contributed by atoms with Crippen molar-refractivity contribution in [3.05, 3.63) is 24.4 Å². The van der Waals surface area contributed by atoms with Gasteiger partial charge in [0.25, 0.3) is 0 Å².